The first-order chi connectivity index (χ1) is 17.8. The Morgan fingerprint density at radius 2 is 1.86 bits per heavy atom. The first-order valence-electron chi connectivity index (χ1n) is 12.4. The van der Waals surface area contributed by atoms with E-state index in [9.17, 15) is 18.8 Å². The monoisotopic (exact) mass is 501 g/mol. The number of oxazole rings is 1. The zero-order valence-electron chi connectivity index (χ0n) is 19.2. The van der Waals surface area contributed by atoms with Gasteiger partial charge in [0.05, 0.1) is 11.7 Å². The molecule has 12 heteroatoms. The number of aromatic nitrogens is 4. The molecule has 37 heavy (non-hydrogen) atoms. The number of nitrogens with one attached hydrogen (secondary N) is 3. The molecular weight excluding hydrogens is 481 g/mol. The minimum Gasteiger partial charge on any atom is -0.408 e. The second-order valence-corrected chi connectivity index (χ2v) is 11.2. The number of nitrogens with zero attached hydrogens (tertiary/aromatic N) is 3. The molecule has 2 amide bonds. The zero-order chi connectivity index (χ0) is 25.0. The second kappa shape index (κ2) is 5.91. The van der Waals surface area contributed by atoms with Gasteiger partial charge in [-0.1, -0.05) is 6.07 Å². The number of halogens is 1. The number of hydrogen-bond acceptors (Lipinski definition) is 7. The third kappa shape index (κ3) is 1.96. The van der Waals surface area contributed by atoms with E-state index in [1.54, 1.807) is 18.2 Å². The third-order valence-corrected chi connectivity index (χ3v) is 10.3. The minimum atomic E-state index is -0.729. The summed E-state index contributed by atoms with van der Waals surface area (Å²) < 4.78 is 20.5. The van der Waals surface area contributed by atoms with Gasteiger partial charge in [-0.25, -0.2) is 18.7 Å². The summed E-state index contributed by atoms with van der Waals surface area (Å²) in [4.78, 5) is 44.2. The predicted molar refractivity (Wildman–Crippen MR) is 124 cm³/mol. The highest BCUT2D eigenvalue weighted by Gasteiger charge is 3.08. The number of hydrogen-bond donors (Lipinski definition) is 4. The molecule has 10 rings (SSSR count). The summed E-state index contributed by atoms with van der Waals surface area (Å²) in [5, 5.41) is 9.72. The molecule has 6 fully saturated rings. The second-order valence-electron chi connectivity index (χ2n) is 11.2. The van der Waals surface area contributed by atoms with Gasteiger partial charge in [0.15, 0.2) is 17.0 Å². The van der Waals surface area contributed by atoms with Crippen LogP contribution >= 0.6 is 0 Å². The van der Waals surface area contributed by atoms with Gasteiger partial charge in [0.2, 0.25) is 0 Å². The van der Waals surface area contributed by atoms with Crippen LogP contribution in [0.5, 0.6) is 0 Å². The summed E-state index contributed by atoms with van der Waals surface area (Å²) in [7, 11) is 0. The Morgan fingerprint density at radius 3 is 2.62 bits per heavy atom. The van der Waals surface area contributed by atoms with Crippen LogP contribution in [-0.4, -0.2) is 43.5 Å². The Hall–Kier alpha value is -4.06. The van der Waals surface area contributed by atoms with Gasteiger partial charge in [-0.3, -0.25) is 14.6 Å². The van der Waals surface area contributed by atoms with E-state index in [-0.39, 0.29) is 34.5 Å². The van der Waals surface area contributed by atoms with E-state index in [2.05, 4.69) is 25.7 Å². The number of aromatic amines is 1. The first-order valence-corrected chi connectivity index (χ1v) is 12.4. The average Bonchev–Trinajstić information content (AvgIpc) is 3.47. The fraction of sp³-hybridized carbons (Fsp3) is 0.400. The number of rotatable bonds is 6. The quantitative estimate of drug-likeness (QED) is 0.298. The Balaban J connectivity index is 0.954. The van der Waals surface area contributed by atoms with Crippen molar-refractivity contribution in [2.75, 3.05) is 6.54 Å². The fourth-order valence-corrected chi connectivity index (χ4v) is 9.11. The molecular formula is C25H20FN7O4. The third-order valence-electron chi connectivity index (χ3n) is 10.3. The van der Waals surface area contributed by atoms with Crippen LogP contribution in [0.2, 0.25) is 0 Å². The molecule has 6 aliphatic carbocycles. The van der Waals surface area contributed by atoms with Gasteiger partial charge in [-0.2, -0.15) is 5.10 Å². The molecule has 6 saturated carbocycles. The minimum absolute atomic E-state index is 0.0450. The number of carbonyl (C=O) groups is 2. The van der Waals surface area contributed by atoms with E-state index < -0.39 is 23.4 Å². The van der Waals surface area contributed by atoms with E-state index in [4.69, 9.17) is 10.2 Å². The maximum Gasteiger partial charge on any atom is 0.417 e. The van der Waals surface area contributed by atoms with Gasteiger partial charge >= 0.3 is 5.76 Å². The van der Waals surface area contributed by atoms with E-state index in [0.717, 1.165) is 10.7 Å². The summed E-state index contributed by atoms with van der Waals surface area (Å²) in [6, 6.07) is 6.35. The summed E-state index contributed by atoms with van der Waals surface area (Å²) in [6.07, 6.45) is 0.973. The largest absolute Gasteiger partial charge is 0.417 e. The Bertz CT molecular complexity index is 1750. The maximum atomic E-state index is 14.4. The van der Waals surface area contributed by atoms with Gasteiger partial charge in [-0.05, 0) is 58.6 Å². The lowest BCUT2D eigenvalue weighted by Gasteiger charge is -3.11. The highest BCUT2D eigenvalue weighted by Crippen LogP contribution is 3.06. The number of carbonyl (C=O) groups excluding carboxylic acids is 2. The van der Waals surface area contributed by atoms with Crippen molar-refractivity contribution in [1.29, 1.82) is 0 Å². The molecule has 5 N–H and O–H groups in total. The molecule has 3 aromatic heterocycles. The Morgan fingerprint density at radius 1 is 1.11 bits per heavy atom. The smallest absolute Gasteiger partial charge is 0.408 e. The number of benzene rings is 1. The van der Waals surface area contributed by atoms with Gasteiger partial charge in [0.25, 0.3) is 11.8 Å². The van der Waals surface area contributed by atoms with Crippen molar-refractivity contribution in [3.8, 4) is 0 Å². The lowest BCUT2D eigenvalue weighted by molar-refractivity contribution is -0.617. The molecule has 3 heterocycles. The molecule has 6 aliphatic rings. The predicted octanol–water partition coefficient (Wildman–Crippen LogP) is 0.412. The SMILES string of the molecule is NC12C3C4C1C1C2C3C41CNC(=O)c1cc(C(=O)NCc2ccc3oc(=O)[nH]c3c2)nc2c(F)cnn12. The zero-order valence-corrected chi connectivity index (χ0v) is 19.2. The fourth-order valence-electron chi connectivity index (χ4n) is 9.11. The van der Waals surface area contributed by atoms with Crippen molar-refractivity contribution < 1.29 is 18.4 Å². The van der Waals surface area contributed by atoms with E-state index >= 15 is 0 Å². The molecule has 0 bridgehead atoms. The van der Waals surface area contributed by atoms with Crippen LogP contribution in [0.3, 0.4) is 0 Å². The number of nitrogens with two attached hydrogens (primary N) is 1. The van der Waals surface area contributed by atoms with Crippen LogP contribution in [-0.2, 0) is 6.54 Å². The van der Waals surface area contributed by atoms with Crippen LogP contribution in [0.1, 0.15) is 26.5 Å². The Labute approximate surface area is 206 Å². The van der Waals surface area contributed by atoms with Crippen LogP contribution < -0.4 is 22.1 Å². The van der Waals surface area contributed by atoms with Crippen molar-refractivity contribution >= 4 is 28.6 Å². The van der Waals surface area contributed by atoms with Crippen molar-refractivity contribution in [1.82, 2.24) is 30.2 Å². The normalized spacial score (nSPS) is 36.6. The first kappa shape index (κ1) is 20.0. The van der Waals surface area contributed by atoms with E-state index in [1.165, 1.54) is 6.07 Å². The molecule has 0 unspecified atom stereocenters. The number of fused-ring (bicyclic) bond motifs is 2. The number of amides is 2. The van der Waals surface area contributed by atoms with Crippen LogP contribution in [0.4, 0.5) is 4.39 Å². The number of H-pyrrole nitrogens is 1. The lowest BCUT2D eigenvalue weighted by atomic mass is 8.94. The summed E-state index contributed by atoms with van der Waals surface area (Å²) in [5.41, 5.74) is 8.17. The summed E-state index contributed by atoms with van der Waals surface area (Å²) >= 11 is 0. The van der Waals surface area contributed by atoms with E-state index in [0.29, 0.717) is 58.7 Å². The van der Waals surface area contributed by atoms with Crippen LogP contribution in [0, 0.1) is 46.7 Å². The highest BCUT2D eigenvalue weighted by molar-refractivity contribution is 5.98. The van der Waals surface area contributed by atoms with Crippen molar-refractivity contribution in [2.45, 2.75) is 12.1 Å². The van der Waals surface area contributed by atoms with Crippen LogP contribution in [0.25, 0.3) is 16.7 Å². The van der Waals surface area contributed by atoms with Crippen LogP contribution in [0.15, 0.2) is 39.7 Å². The molecule has 0 atom stereocenters. The van der Waals surface area contributed by atoms with Crippen molar-refractivity contribution in [3.63, 3.8) is 0 Å². The van der Waals surface area contributed by atoms with Crippen molar-refractivity contribution in [2.24, 2.45) is 46.7 Å². The highest BCUT2D eigenvalue weighted by atomic mass is 19.1. The Kier molecular flexibility index (Phi) is 3.20. The molecule has 11 nitrogen and oxygen atoms in total. The van der Waals surface area contributed by atoms with Crippen molar-refractivity contribution in [3.05, 3.63) is 63.8 Å². The average molecular weight is 501 g/mol. The standard InChI is InChI=1S/C25H20FN7O4/c26-9-6-30-33-12(22(35)29-7-24-14-17-15(24)19-16(24)18(14)25(17,19)27)4-11(31-20(9)33)21(34)28-5-8-1-2-13-10(3-8)32-23(36)37-13/h1-4,6,14-19H,5,7,27H2,(H,28,34)(H,29,35)(H,32,36). The molecule has 4 aromatic rings. The molecule has 0 spiro atoms. The van der Waals surface area contributed by atoms with Gasteiger partial charge in [0, 0.05) is 24.7 Å². The molecule has 186 valence electrons. The van der Waals surface area contributed by atoms with Gasteiger partial charge < -0.3 is 20.8 Å². The topological polar surface area (TPSA) is 160 Å². The van der Waals surface area contributed by atoms with Gasteiger partial charge in [0.1, 0.15) is 11.4 Å². The molecule has 0 radical (unpaired) electrons. The van der Waals surface area contributed by atoms with E-state index in [1.807, 2.05) is 0 Å². The summed E-state index contributed by atoms with van der Waals surface area (Å²) in [5.74, 6) is 1.54. The molecule has 0 saturated heterocycles. The lowest BCUT2D eigenvalue weighted by Crippen LogP contribution is -3.15. The summed E-state index contributed by atoms with van der Waals surface area (Å²) in [6.45, 7) is 0.691. The molecule has 1 aromatic carbocycles. The van der Waals surface area contributed by atoms with Gasteiger partial charge in [-0.15, -0.1) is 0 Å². The maximum absolute atomic E-state index is 14.4. The molecule has 0 aliphatic heterocycles.